The quantitative estimate of drug-likeness (QED) is 0.749. The van der Waals surface area contributed by atoms with Crippen molar-refractivity contribution in [3.63, 3.8) is 0 Å². The van der Waals surface area contributed by atoms with Crippen LogP contribution in [0.15, 0.2) is 67.5 Å². The maximum absolute atomic E-state index is 12.6. The van der Waals surface area contributed by atoms with Crippen LogP contribution in [-0.2, 0) is 13.1 Å². The van der Waals surface area contributed by atoms with Gasteiger partial charge in [0, 0.05) is 26.0 Å². The molecule has 1 N–H and O–H groups in total. The van der Waals surface area contributed by atoms with E-state index < -0.39 is 0 Å². The highest BCUT2D eigenvalue weighted by molar-refractivity contribution is 5.74. The molecule has 0 radical (unpaired) electrons. The van der Waals surface area contributed by atoms with E-state index in [2.05, 4.69) is 20.4 Å². The maximum atomic E-state index is 12.6. The predicted molar refractivity (Wildman–Crippen MR) is 93.4 cm³/mol. The Balaban J connectivity index is 1.69. The minimum absolute atomic E-state index is 0.147. The third-order valence-corrected chi connectivity index (χ3v) is 3.85. The van der Waals surface area contributed by atoms with Crippen molar-refractivity contribution in [3.8, 4) is 0 Å². The molecule has 0 saturated heterocycles. The van der Waals surface area contributed by atoms with Crippen molar-refractivity contribution in [2.45, 2.75) is 19.1 Å². The van der Waals surface area contributed by atoms with E-state index in [0.29, 0.717) is 13.1 Å². The van der Waals surface area contributed by atoms with Crippen molar-refractivity contribution < 1.29 is 4.79 Å². The van der Waals surface area contributed by atoms with Crippen molar-refractivity contribution in [2.24, 2.45) is 0 Å². The summed E-state index contributed by atoms with van der Waals surface area (Å²) in [6, 6.07) is 13.3. The molecular weight excluding hydrogens is 316 g/mol. The minimum Gasteiger partial charge on any atom is -0.329 e. The lowest BCUT2D eigenvalue weighted by Gasteiger charge is -2.24. The number of aromatic nitrogens is 4. The number of nitrogens with zero attached hydrogens (tertiary/aromatic N) is 5. The average molecular weight is 336 g/mol. The molecule has 1 atom stereocenters. The summed E-state index contributed by atoms with van der Waals surface area (Å²) < 4.78 is 1.71. The largest absolute Gasteiger partial charge is 0.329 e. The molecule has 25 heavy (non-hydrogen) atoms. The van der Waals surface area contributed by atoms with Crippen LogP contribution >= 0.6 is 0 Å². The van der Waals surface area contributed by atoms with E-state index >= 15 is 0 Å². The Labute approximate surface area is 146 Å². The Bertz CT molecular complexity index is 776. The fourth-order valence-electron chi connectivity index (χ4n) is 2.53. The molecule has 7 heteroatoms. The summed E-state index contributed by atoms with van der Waals surface area (Å²) in [7, 11) is 1.77. The van der Waals surface area contributed by atoms with Crippen molar-refractivity contribution in [1.29, 1.82) is 0 Å². The third-order valence-electron chi connectivity index (χ3n) is 3.85. The van der Waals surface area contributed by atoms with Crippen LogP contribution in [0.1, 0.15) is 17.2 Å². The Morgan fingerprint density at radius 1 is 1.16 bits per heavy atom. The van der Waals surface area contributed by atoms with Gasteiger partial charge in [0.25, 0.3) is 0 Å². The van der Waals surface area contributed by atoms with Gasteiger partial charge in [0.2, 0.25) is 0 Å². The lowest BCUT2D eigenvalue weighted by Crippen LogP contribution is -2.40. The van der Waals surface area contributed by atoms with Crippen molar-refractivity contribution in [3.05, 3.63) is 78.6 Å². The molecule has 0 aliphatic carbocycles. The fourth-order valence-corrected chi connectivity index (χ4v) is 2.53. The number of nitrogens with one attached hydrogen (secondary N) is 1. The van der Waals surface area contributed by atoms with Crippen LogP contribution in [-0.4, -0.2) is 37.7 Å². The molecule has 0 bridgehead atoms. The second-order valence-electron chi connectivity index (χ2n) is 5.74. The van der Waals surface area contributed by atoms with Crippen LogP contribution in [0, 0.1) is 0 Å². The molecule has 2 aromatic heterocycles. The fraction of sp³-hybridized carbons (Fsp3) is 0.222. The summed E-state index contributed by atoms with van der Waals surface area (Å²) in [6.07, 6.45) is 6.57. The zero-order valence-corrected chi connectivity index (χ0v) is 14.0. The number of carbonyl (C=O) groups is 1. The van der Waals surface area contributed by atoms with Gasteiger partial charge in [-0.05, 0) is 23.3 Å². The molecule has 2 amide bonds. The molecule has 0 saturated carbocycles. The molecule has 0 fully saturated rings. The van der Waals surface area contributed by atoms with Gasteiger partial charge in [0.15, 0.2) is 0 Å². The number of hydrogen-bond acceptors (Lipinski definition) is 4. The van der Waals surface area contributed by atoms with E-state index in [9.17, 15) is 4.79 Å². The highest BCUT2D eigenvalue weighted by atomic mass is 16.2. The molecule has 3 aromatic rings. The highest BCUT2D eigenvalue weighted by Gasteiger charge is 2.18. The molecule has 0 aliphatic rings. The second-order valence-corrected chi connectivity index (χ2v) is 5.74. The molecule has 0 spiro atoms. The van der Waals surface area contributed by atoms with E-state index in [1.807, 2.05) is 42.5 Å². The molecule has 128 valence electrons. The topological polar surface area (TPSA) is 75.9 Å². The van der Waals surface area contributed by atoms with Crippen LogP contribution in [0.3, 0.4) is 0 Å². The Morgan fingerprint density at radius 2 is 1.92 bits per heavy atom. The van der Waals surface area contributed by atoms with Crippen molar-refractivity contribution >= 4 is 6.03 Å². The Morgan fingerprint density at radius 3 is 2.60 bits per heavy atom. The number of amides is 2. The summed E-state index contributed by atoms with van der Waals surface area (Å²) in [5, 5.41) is 7.21. The Hall–Kier alpha value is -3.22. The molecule has 2 heterocycles. The monoisotopic (exact) mass is 336 g/mol. The first kappa shape index (κ1) is 16.6. The SMILES string of the molecule is CN(Cc1ccncc1)C(=O)N[C@H](Cn1cncn1)c1ccccc1. The van der Waals surface area contributed by atoms with E-state index in [-0.39, 0.29) is 12.1 Å². The molecule has 1 aromatic carbocycles. The van der Waals surface area contributed by atoms with Crippen LogP contribution in [0.25, 0.3) is 0 Å². The van der Waals surface area contributed by atoms with Gasteiger partial charge in [-0.3, -0.25) is 9.67 Å². The van der Waals surface area contributed by atoms with Gasteiger partial charge in [0.1, 0.15) is 12.7 Å². The smallest absolute Gasteiger partial charge is 0.317 e. The zero-order chi connectivity index (χ0) is 17.5. The maximum Gasteiger partial charge on any atom is 0.317 e. The van der Waals surface area contributed by atoms with E-state index in [1.165, 1.54) is 6.33 Å². The first-order chi connectivity index (χ1) is 12.2. The second kappa shape index (κ2) is 8.05. The van der Waals surface area contributed by atoms with Gasteiger partial charge in [-0.15, -0.1) is 0 Å². The van der Waals surface area contributed by atoms with Crippen LogP contribution in [0.2, 0.25) is 0 Å². The summed E-state index contributed by atoms with van der Waals surface area (Å²) in [4.78, 5) is 22.2. The normalized spacial score (nSPS) is 11.7. The van der Waals surface area contributed by atoms with E-state index in [0.717, 1.165) is 11.1 Å². The first-order valence-electron chi connectivity index (χ1n) is 8.00. The van der Waals surface area contributed by atoms with Gasteiger partial charge < -0.3 is 10.2 Å². The van der Waals surface area contributed by atoms with E-state index in [4.69, 9.17) is 0 Å². The number of urea groups is 1. The summed E-state index contributed by atoms with van der Waals surface area (Å²) >= 11 is 0. The van der Waals surface area contributed by atoms with Gasteiger partial charge >= 0.3 is 6.03 Å². The summed E-state index contributed by atoms with van der Waals surface area (Å²) in [5.41, 5.74) is 2.05. The number of rotatable bonds is 6. The lowest BCUT2D eigenvalue weighted by atomic mass is 10.1. The van der Waals surface area contributed by atoms with Crippen molar-refractivity contribution in [1.82, 2.24) is 30.0 Å². The molecule has 0 unspecified atom stereocenters. The lowest BCUT2D eigenvalue weighted by molar-refractivity contribution is 0.201. The Kier molecular flexibility index (Phi) is 5.36. The van der Waals surface area contributed by atoms with Crippen molar-refractivity contribution in [2.75, 3.05) is 7.05 Å². The summed E-state index contributed by atoms with van der Waals surface area (Å²) in [6.45, 7) is 1.03. The third kappa shape index (κ3) is 4.63. The highest BCUT2D eigenvalue weighted by Crippen LogP contribution is 2.15. The van der Waals surface area contributed by atoms with Crippen LogP contribution < -0.4 is 5.32 Å². The van der Waals surface area contributed by atoms with Gasteiger partial charge in [-0.25, -0.2) is 9.78 Å². The number of pyridine rings is 1. The van der Waals surface area contributed by atoms with Gasteiger partial charge in [0.05, 0.1) is 12.6 Å². The molecule has 3 rings (SSSR count). The van der Waals surface area contributed by atoms with Crippen LogP contribution in [0.5, 0.6) is 0 Å². The standard InChI is InChI=1S/C18H20N6O/c1-23(11-15-7-9-19-10-8-15)18(25)22-17(12-24-14-20-13-21-24)16-5-3-2-4-6-16/h2-10,13-14,17H,11-12H2,1H3,(H,22,25)/t17-/m1/s1. The van der Waals surface area contributed by atoms with Crippen LogP contribution in [0.4, 0.5) is 4.79 Å². The van der Waals surface area contributed by atoms with E-state index in [1.54, 1.807) is 35.4 Å². The zero-order valence-electron chi connectivity index (χ0n) is 14.0. The van der Waals surface area contributed by atoms with Gasteiger partial charge in [-0.2, -0.15) is 5.10 Å². The first-order valence-corrected chi connectivity index (χ1v) is 8.00. The number of benzene rings is 1. The summed E-state index contributed by atoms with van der Waals surface area (Å²) in [5.74, 6) is 0. The molecule has 7 nitrogen and oxygen atoms in total. The van der Waals surface area contributed by atoms with Gasteiger partial charge in [-0.1, -0.05) is 30.3 Å². The molecular formula is C18H20N6O. The number of hydrogen-bond donors (Lipinski definition) is 1. The molecule has 0 aliphatic heterocycles. The minimum atomic E-state index is -0.199. The number of carbonyl (C=O) groups excluding carboxylic acids is 1. The predicted octanol–water partition coefficient (Wildman–Crippen LogP) is 2.26. The average Bonchev–Trinajstić information content (AvgIpc) is 3.16.